The molecule has 0 unspecified atom stereocenters. The lowest BCUT2D eigenvalue weighted by atomic mass is 10.0. The Labute approximate surface area is 111 Å². The number of hydrogen-bond acceptors (Lipinski definition) is 3. The third kappa shape index (κ3) is 4.37. The standard InChI is InChI=1S/C11H17BrN2O2S/c1-4-5-11(2,3)14-17(15,16)10-6-9(12)7-13-8-10/h6-8,14H,4-5H2,1-3H3. The molecule has 4 nitrogen and oxygen atoms in total. The van der Waals surface area contributed by atoms with E-state index in [1.807, 2.05) is 20.8 Å². The van der Waals surface area contributed by atoms with E-state index in [1.54, 1.807) is 6.20 Å². The summed E-state index contributed by atoms with van der Waals surface area (Å²) in [4.78, 5) is 4.04. The second-order valence-electron chi connectivity index (χ2n) is 4.58. The van der Waals surface area contributed by atoms with Crippen molar-refractivity contribution in [1.82, 2.24) is 9.71 Å². The van der Waals surface area contributed by atoms with Crippen molar-refractivity contribution in [3.05, 3.63) is 22.9 Å². The molecule has 0 saturated carbocycles. The molecule has 1 aromatic rings. The first-order valence-electron chi connectivity index (χ1n) is 5.41. The van der Waals surface area contributed by atoms with E-state index in [4.69, 9.17) is 0 Å². The molecule has 0 aliphatic carbocycles. The van der Waals surface area contributed by atoms with Gasteiger partial charge in [-0.05, 0) is 42.3 Å². The molecule has 0 aromatic carbocycles. The largest absolute Gasteiger partial charge is 0.262 e. The van der Waals surface area contributed by atoms with Gasteiger partial charge in [0.25, 0.3) is 0 Å². The van der Waals surface area contributed by atoms with E-state index in [0.717, 1.165) is 12.8 Å². The summed E-state index contributed by atoms with van der Waals surface area (Å²) in [5.41, 5.74) is -0.449. The van der Waals surface area contributed by atoms with Crippen LogP contribution in [0.3, 0.4) is 0 Å². The molecule has 96 valence electrons. The molecule has 0 atom stereocenters. The van der Waals surface area contributed by atoms with Crippen LogP contribution in [0.15, 0.2) is 27.8 Å². The van der Waals surface area contributed by atoms with E-state index in [9.17, 15) is 8.42 Å². The Bertz CT molecular complexity index is 486. The van der Waals surface area contributed by atoms with Crippen molar-refractivity contribution >= 4 is 26.0 Å². The zero-order valence-electron chi connectivity index (χ0n) is 10.2. The smallest absolute Gasteiger partial charge is 0.242 e. The van der Waals surface area contributed by atoms with E-state index in [1.165, 1.54) is 12.3 Å². The first-order chi connectivity index (χ1) is 7.77. The van der Waals surface area contributed by atoms with Gasteiger partial charge in [0.2, 0.25) is 10.0 Å². The van der Waals surface area contributed by atoms with Crippen molar-refractivity contribution in [2.24, 2.45) is 0 Å². The Hall–Kier alpha value is -0.460. The first-order valence-corrected chi connectivity index (χ1v) is 7.69. The van der Waals surface area contributed by atoms with Crippen molar-refractivity contribution < 1.29 is 8.42 Å². The molecule has 0 aliphatic rings. The third-order valence-electron chi connectivity index (χ3n) is 2.28. The van der Waals surface area contributed by atoms with Gasteiger partial charge in [0.15, 0.2) is 0 Å². The van der Waals surface area contributed by atoms with Crippen LogP contribution in [0, 0.1) is 0 Å². The molecule has 1 aromatic heterocycles. The van der Waals surface area contributed by atoms with Gasteiger partial charge < -0.3 is 0 Å². The number of rotatable bonds is 5. The molecule has 1 rings (SSSR count). The maximum absolute atomic E-state index is 12.1. The number of hydrogen-bond donors (Lipinski definition) is 1. The van der Waals surface area contributed by atoms with Gasteiger partial charge in [-0.25, -0.2) is 13.1 Å². The number of halogens is 1. The normalized spacial score (nSPS) is 12.7. The minimum Gasteiger partial charge on any atom is -0.262 e. The number of nitrogens with one attached hydrogen (secondary N) is 1. The fraction of sp³-hybridized carbons (Fsp3) is 0.545. The Morgan fingerprint density at radius 3 is 2.59 bits per heavy atom. The summed E-state index contributed by atoms with van der Waals surface area (Å²) in [6.07, 6.45) is 4.60. The summed E-state index contributed by atoms with van der Waals surface area (Å²) >= 11 is 3.21. The lowest BCUT2D eigenvalue weighted by Gasteiger charge is -2.25. The van der Waals surface area contributed by atoms with Crippen LogP contribution in [0.25, 0.3) is 0 Å². The molecule has 1 N–H and O–H groups in total. The van der Waals surface area contributed by atoms with E-state index in [0.29, 0.717) is 4.47 Å². The van der Waals surface area contributed by atoms with Gasteiger partial charge in [0.1, 0.15) is 4.90 Å². The van der Waals surface area contributed by atoms with Gasteiger partial charge in [-0.15, -0.1) is 0 Å². The molecule has 0 bridgehead atoms. The van der Waals surface area contributed by atoms with Crippen LogP contribution < -0.4 is 4.72 Å². The molecule has 0 amide bonds. The monoisotopic (exact) mass is 320 g/mol. The average Bonchev–Trinajstić information content (AvgIpc) is 2.15. The molecule has 17 heavy (non-hydrogen) atoms. The molecule has 0 saturated heterocycles. The summed E-state index contributed by atoms with van der Waals surface area (Å²) in [6.45, 7) is 5.77. The van der Waals surface area contributed by atoms with Crippen LogP contribution in [0.5, 0.6) is 0 Å². The second kappa shape index (κ2) is 5.46. The molecule has 0 radical (unpaired) electrons. The first kappa shape index (κ1) is 14.6. The number of sulfonamides is 1. The van der Waals surface area contributed by atoms with Crippen molar-refractivity contribution in [1.29, 1.82) is 0 Å². The van der Waals surface area contributed by atoms with Crippen LogP contribution in [-0.4, -0.2) is 18.9 Å². The third-order valence-corrected chi connectivity index (χ3v) is 4.37. The number of nitrogens with zero attached hydrogens (tertiary/aromatic N) is 1. The lowest BCUT2D eigenvalue weighted by molar-refractivity contribution is 0.417. The zero-order valence-corrected chi connectivity index (χ0v) is 12.6. The van der Waals surface area contributed by atoms with Gasteiger partial charge in [-0.3, -0.25) is 4.98 Å². The topological polar surface area (TPSA) is 59.1 Å². The summed E-state index contributed by atoms with van der Waals surface area (Å²) in [5, 5.41) is 0. The molecule has 0 aliphatic heterocycles. The SMILES string of the molecule is CCCC(C)(C)NS(=O)(=O)c1cncc(Br)c1. The predicted octanol–water partition coefficient (Wildman–Crippen LogP) is 2.70. The molecule has 0 fully saturated rings. The van der Waals surface area contributed by atoms with Gasteiger partial charge in [0, 0.05) is 22.4 Å². The highest BCUT2D eigenvalue weighted by Crippen LogP contribution is 2.18. The van der Waals surface area contributed by atoms with Crippen LogP contribution in [0.4, 0.5) is 0 Å². The molecule has 0 spiro atoms. The van der Waals surface area contributed by atoms with Crippen LogP contribution in [0.1, 0.15) is 33.6 Å². The fourth-order valence-electron chi connectivity index (χ4n) is 1.64. The maximum atomic E-state index is 12.1. The van der Waals surface area contributed by atoms with Gasteiger partial charge in [0.05, 0.1) is 0 Å². The van der Waals surface area contributed by atoms with Gasteiger partial charge >= 0.3 is 0 Å². The quantitative estimate of drug-likeness (QED) is 0.907. The Kier molecular flexibility index (Phi) is 4.69. The van der Waals surface area contributed by atoms with Crippen molar-refractivity contribution in [2.45, 2.75) is 44.0 Å². The van der Waals surface area contributed by atoms with Crippen LogP contribution in [-0.2, 0) is 10.0 Å². The minimum atomic E-state index is -3.51. The van der Waals surface area contributed by atoms with Crippen molar-refractivity contribution in [3.8, 4) is 0 Å². The molecular formula is C11H17BrN2O2S. The summed E-state index contributed by atoms with van der Waals surface area (Å²) < 4.78 is 27.5. The highest BCUT2D eigenvalue weighted by Gasteiger charge is 2.25. The number of aromatic nitrogens is 1. The van der Waals surface area contributed by atoms with E-state index >= 15 is 0 Å². The Morgan fingerprint density at radius 2 is 2.06 bits per heavy atom. The minimum absolute atomic E-state index is 0.177. The zero-order chi connectivity index (χ0) is 13.1. The number of pyridine rings is 1. The molecule has 6 heteroatoms. The Morgan fingerprint density at radius 1 is 1.41 bits per heavy atom. The Balaban J connectivity index is 2.97. The van der Waals surface area contributed by atoms with Crippen molar-refractivity contribution in [3.63, 3.8) is 0 Å². The van der Waals surface area contributed by atoms with Crippen molar-refractivity contribution in [2.75, 3.05) is 0 Å². The highest BCUT2D eigenvalue weighted by atomic mass is 79.9. The van der Waals surface area contributed by atoms with Gasteiger partial charge in [-0.1, -0.05) is 13.3 Å². The second-order valence-corrected chi connectivity index (χ2v) is 7.18. The lowest BCUT2D eigenvalue weighted by Crippen LogP contribution is -2.43. The van der Waals surface area contributed by atoms with E-state index in [-0.39, 0.29) is 4.90 Å². The molecule has 1 heterocycles. The predicted molar refractivity (Wildman–Crippen MR) is 71.2 cm³/mol. The van der Waals surface area contributed by atoms with E-state index < -0.39 is 15.6 Å². The van der Waals surface area contributed by atoms with Gasteiger partial charge in [-0.2, -0.15) is 0 Å². The maximum Gasteiger partial charge on any atom is 0.242 e. The van der Waals surface area contributed by atoms with Crippen LogP contribution >= 0.6 is 15.9 Å². The fourth-order valence-corrected chi connectivity index (χ4v) is 3.58. The summed E-state index contributed by atoms with van der Waals surface area (Å²) in [7, 11) is -3.51. The van der Waals surface area contributed by atoms with Crippen LogP contribution in [0.2, 0.25) is 0 Å². The highest BCUT2D eigenvalue weighted by molar-refractivity contribution is 9.10. The molecular weight excluding hydrogens is 304 g/mol. The summed E-state index contributed by atoms with van der Waals surface area (Å²) in [5.74, 6) is 0. The summed E-state index contributed by atoms with van der Waals surface area (Å²) in [6, 6.07) is 1.54. The average molecular weight is 321 g/mol. The van der Waals surface area contributed by atoms with E-state index in [2.05, 4.69) is 25.6 Å².